The molecule has 2 N–H and O–H groups in total. The van der Waals surface area contributed by atoms with Gasteiger partial charge in [-0.15, -0.1) is 0 Å². The SMILES string of the molecule is CCCN(CC(=O)OC)S(=O)(=O)c1cc(N)c(C)c(F)c1. The maximum absolute atomic E-state index is 13.7. The number of methoxy groups -OCH3 is 1. The second kappa shape index (κ2) is 6.86. The average molecular weight is 318 g/mol. The Labute approximate surface area is 123 Å². The third kappa shape index (κ3) is 3.92. The summed E-state index contributed by atoms with van der Waals surface area (Å²) in [5.41, 5.74) is 5.83. The van der Waals surface area contributed by atoms with Gasteiger partial charge >= 0.3 is 5.97 Å². The second-order valence-corrected chi connectivity index (χ2v) is 6.47. The van der Waals surface area contributed by atoms with E-state index < -0.39 is 28.4 Å². The number of rotatable bonds is 6. The van der Waals surface area contributed by atoms with E-state index in [0.29, 0.717) is 6.42 Å². The Morgan fingerprint density at radius 2 is 2.05 bits per heavy atom. The normalized spacial score (nSPS) is 11.7. The van der Waals surface area contributed by atoms with Gasteiger partial charge < -0.3 is 10.5 Å². The molecule has 0 aliphatic heterocycles. The van der Waals surface area contributed by atoms with Gasteiger partial charge in [0.05, 0.1) is 12.0 Å². The van der Waals surface area contributed by atoms with Crippen LogP contribution < -0.4 is 5.73 Å². The highest BCUT2D eigenvalue weighted by Gasteiger charge is 2.27. The number of hydrogen-bond acceptors (Lipinski definition) is 5. The molecule has 1 aromatic rings. The van der Waals surface area contributed by atoms with Gasteiger partial charge in [-0.3, -0.25) is 4.79 Å². The summed E-state index contributed by atoms with van der Waals surface area (Å²) in [7, 11) is -2.85. The zero-order valence-electron chi connectivity index (χ0n) is 12.2. The molecule has 0 fully saturated rings. The maximum Gasteiger partial charge on any atom is 0.321 e. The molecule has 1 rings (SSSR count). The first kappa shape index (κ1) is 17.4. The lowest BCUT2D eigenvalue weighted by molar-refractivity contribution is -0.140. The predicted octanol–water partition coefficient (Wildman–Crippen LogP) is 1.29. The van der Waals surface area contributed by atoms with Crippen molar-refractivity contribution in [2.75, 3.05) is 25.9 Å². The zero-order chi connectivity index (χ0) is 16.2. The quantitative estimate of drug-likeness (QED) is 0.630. The van der Waals surface area contributed by atoms with Crippen LogP contribution in [0.5, 0.6) is 0 Å². The molecule has 8 heteroatoms. The van der Waals surface area contributed by atoms with Crippen LogP contribution in [0.3, 0.4) is 0 Å². The van der Waals surface area contributed by atoms with Gasteiger partial charge in [0.25, 0.3) is 0 Å². The van der Waals surface area contributed by atoms with E-state index >= 15 is 0 Å². The van der Waals surface area contributed by atoms with Gasteiger partial charge in [-0.05, 0) is 25.5 Å². The fourth-order valence-electron chi connectivity index (χ4n) is 1.71. The number of nitrogen functional groups attached to an aromatic ring is 1. The van der Waals surface area contributed by atoms with E-state index in [1.165, 1.54) is 20.1 Å². The van der Waals surface area contributed by atoms with Crippen molar-refractivity contribution in [2.45, 2.75) is 25.2 Å². The molecular formula is C13H19FN2O4S. The number of ether oxygens (including phenoxy) is 1. The molecule has 0 bridgehead atoms. The Bertz CT molecular complexity index is 608. The standard InChI is InChI=1S/C13H19FN2O4S/c1-4-5-16(8-13(17)20-3)21(18,19)10-6-11(14)9(2)12(15)7-10/h6-7H,4-5,8,15H2,1-3H3. The Hall–Kier alpha value is -1.67. The van der Waals surface area contributed by atoms with E-state index in [4.69, 9.17) is 5.73 Å². The molecule has 0 atom stereocenters. The van der Waals surface area contributed by atoms with Crippen molar-refractivity contribution in [2.24, 2.45) is 0 Å². The zero-order valence-corrected chi connectivity index (χ0v) is 13.0. The third-order valence-corrected chi connectivity index (χ3v) is 4.82. The van der Waals surface area contributed by atoms with Crippen LogP contribution in [0.25, 0.3) is 0 Å². The van der Waals surface area contributed by atoms with Crippen LogP contribution in [-0.4, -0.2) is 38.9 Å². The minimum absolute atomic E-state index is 0.0445. The largest absolute Gasteiger partial charge is 0.468 e. The van der Waals surface area contributed by atoms with Crippen LogP contribution in [0.4, 0.5) is 10.1 Å². The van der Waals surface area contributed by atoms with Crippen molar-refractivity contribution in [1.82, 2.24) is 4.31 Å². The van der Waals surface area contributed by atoms with Crippen LogP contribution >= 0.6 is 0 Å². The number of anilines is 1. The van der Waals surface area contributed by atoms with Crippen LogP contribution in [0.1, 0.15) is 18.9 Å². The molecule has 0 heterocycles. The number of benzene rings is 1. The van der Waals surface area contributed by atoms with Gasteiger partial charge in [-0.25, -0.2) is 12.8 Å². The Morgan fingerprint density at radius 3 is 2.52 bits per heavy atom. The average Bonchev–Trinajstić information content (AvgIpc) is 2.43. The molecule has 0 spiro atoms. The first-order chi connectivity index (χ1) is 9.73. The summed E-state index contributed by atoms with van der Waals surface area (Å²) in [5, 5.41) is 0. The molecular weight excluding hydrogens is 299 g/mol. The monoisotopic (exact) mass is 318 g/mol. The lowest BCUT2D eigenvalue weighted by Gasteiger charge is -2.21. The van der Waals surface area contributed by atoms with E-state index in [-0.39, 0.29) is 22.7 Å². The van der Waals surface area contributed by atoms with Crippen molar-refractivity contribution in [3.05, 3.63) is 23.5 Å². The smallest absolute Gasteiger partial charge is 0.321 e. The molecule has 0 unspecified atom stereocenters. The molecule has 0 aromatic heterocycles. The van der Waals surface area contributed by atoms with E-state index in [1.807, 2.05) is 0 Å². The van der Waals surface area contributed by atoms with Crippen LogP contribution in [-0.2, 0) is 19.6 Å². The van der Waals surface area contributed by atoms with Gasteiger partial charge in [0.15, 0.2) is 0 Å². The molecule has 6 nitrogen and oxygen atoms in total. The number of hydrogen-bond donors (Lipinski definition) is 1. The molecule has 0 saturated carbocycles. The highest BCUT2D eigenvalue weighted by atomic mass is 32.2. The summed E-state index contributed by atoms with van der Waals surface area (Å²) in [4.78, 5) is 11.1. The molecule has 0 saturated heterocycles. The minimum atomic E-state index is -4.02. The van der Waals surface area contributed by atoms with Gasteiger partial charge in [-0.1, -0.05) is 6.92 Å². The highest BCUT2D eigenvalue weighted by Crippen LogP contribution is 2.23. The van der Waals surface area contributed by atoms with Crippen LogP contribution in [0.2, 0.25) is 0 Å². The number of carbonyl (C=O) groups is 1. The van der Waals surface area contributed by atoms with E-state index in [2.05, 4.69) is 4.74 Å². The first-order valence-corrected chi connectivity index (χ1v) is 7.80. The van der Waals surface area contributed by atoms with Crippen LogP contribution in [0.15, 0.2) is 17.0 Å². The number of sulfonamides is 1. The molecule has 1 aromatic carbocycles. The van der Waals surface area contributed by atoms with Crippen molar-refractivity contribution in [3.63, 3.8) is 0 Å². The number of nitrogens with two attached hydrogens (primary N) is 1. The summed E-state index contributed by atoms with van der Waals surface area (Å²) < 4.78 is 44.1. The Morgan fingerprint density at radius 1 is 1.43 bits per heavy atom. The lowest BCUT2D eigenvalue weighted by Crippen LogP contribution is -2.36. The predicted molar refractivity (Wildman–Crippen MR) is 76.6 cm³/mol. The fraction of sp³-hybridized carbons (Fsp3) is 0.462. The summed E-state index contributed by atoms with van der Waals surface area (Å²) in [6.45, 7) is 2.91. The van der Waals surface area contributed by atoms with Crippen molar-refractivity contribution in [3.8, 4) is 0 Å². The number of carbonyl (C=O) groups excluding carboxylic acids is 1. The van der Waals surface area contributed by atoms with E-state index in [0.717, 1.165) is 10.4 Å². The molecule has 0 radical (unpaired) electrons. The van der Waals surface area contributed by atoms with Gasteiger partial charge in [-0.2, -0.15) is 4.31 Å². The minimum Gasteiger partial charge on any atom is -0.468 e. The lowest BCUT2D eigenvalue weighted by atomic mass is 10.2. The summed E-state index contributed by atoms with van der Waals surface area (Å²) in [6, 6.07) is 2.09. The Kier molecular flexibility index (Phi) is 5.68. The van der Waals surface area contributed by atoms with Crippen molar-refractivity contribution < 1.29 is 22.3 Å². The Balaban J connectivity index is 3.25. The fourth-order valence-corrected chi connectivity index (χ4v) is 3.24. The van der Waals surface area contributed by atoms with E-state index in [1.54, 1.807) is 6.92 Å². The molecule has 0 aliphatic carbocycles. The molecule has 21 heavy (non-hydrogen) atoms. The molecule has 0 aliphatic rings. The summed E-state index contributed by atoms with van der Waals surface area (Å²) in [6.07, 6.45) is 0.500. The summed E-state index contributed by atoms with van der Waals surface area (Å²) in [5.74, 6) is -1.39. The van der Waals surface area contributed by atoms with Crippen molar-refractivity contribution in [1.29, 1.82) is 0 Å². The highest BCUT2D eigenvalue weighted by molar-refractivity contribution is 7.89. The maximum atomic E-state index is 13.7. The van der Waals surface area contributed by atoms with Crippen molar-refractivity contribution >= 4 is 21.7 Å². The van der Waals surface area contributed by atoms with Gasteiger partial charge in [0, 0.05) is 17.8 Å². The third-order valence-electron chi connectivity index (χ3n) is 3.00. The van der Waals surface area contributed by atoms with Gasteiger partial charge in [0.2, 0.25) is 10.0 Å². The molecule has 118 valence electrons. The summed E-state index contributed by atoms with van der Waals surface area (Å²) >= 11 is 0. The first-order valence-electron chi connectivity index (χ1n) is 6.36. The number of nitrogens with zero attached hydrogens (tertiary/aromatic N) is 1. The second-order valence-electron chi connectivity index (χ2n) is 4.53. The van der Waals surface area contributed by atoms with Crippen LogP contribution in [0, 0.1) is 12.7 Å². The van der Waals surface area contributed by atoms with Gasteiger partial charge in [0.1, 0.15) is 12.4 Å². The molecule has 0 amide bonds. The number of esters is 1. The number of halogens is 1. The topological polar surface area (TPSA) is 89.7 Å². The van der Waals surface area contributed by atoms with E-state index in [9.17, 15) is 17.6 Å².